The molecule has 0 unspecified atom stereocenters. The lowest BCUT2D eigenvalue weighted by Crippen LogP contribution is -2.52. The number of carbonyl (C=O) groups excluding carboxylic acids is 1. The molecule has 5 N–H and O–H groups in total. The predicted molar refractivity (Wildman–Crippen MR) is 71.2 cm³/mol. The second-order valence-corrected chi connectivity index (χ2v) is 5.25. The SMILES string of the molecule is CC(C)([18F])C[C@H](NC(=O)N[C@@H](CCC(=O)O)C(=O)O)C(=O)O. The van der Waals surface area contributed by atoms with Crippen LogP contribution in [0.15, 0.2) is 0 Å². The highest BCUT2D eigenvalue weighted by Crippen LogP contribution is 2.16. The first-order valence-corrected chi connectivity index (χ1v) is 6.35. The number of urea groups is 1. The number of hydrogen-bond donors (Lipinski definition) is 5. The molecule has 0 heterocycles. The zero-order valence-electron chi connectivity index (χ0n) is 12.1. The maximum atomic E-state index is 13.5. The van der Waals surface area contributed by atoms with Crippen molar-refractivity contribution in [2.45, 2.75) is 50.9 Å². The third-order valence-electron chi connectivity index (χ3n) is 2.54. The number of rotatable bonds is 9. The van der Waals surface area contributed by atoms with E-state index in [1.54, 1.807) is 0 Å². The summed E-state index contributed by atoms with van der Waals surface area (Å²) < 4.78 is 13.5. The molecule has 0 spiro atoms. The fourth-order valence-corrected chi connectivity index (χ4v) is 1.57. The average molecular weight is 321 g/mol. The van der Waals surface area contributed by atoms with Crippen molar-refractivity contribution < 1.29 is 38.9 Å². The van der Waals surface area contributed by atoms with Crippen molar-refractivity contribution in [1.82, 2.24) is 10.6 Å². The van der Waals surface area contributed by atoms with Crippen LogP contribution in [0.1, 0.15) is 33.1 Å². The summed E-state index contributed by atoms with van der Waals surface area (Å²) in [6.07, 6.45) is -1.37. The van der Waals surface area contributed by atoms with Crippen molar-refractivity contribution in [2.24, 2.45) is 0 Å². The molecule has 9 nitrogen and oxygen atoms in total. The Morgan fingerprint density at radius 2 is 1.45 bits per heavy atom. The number of carbonyl (C=O) groups is 4. The van der Waals surface area contributed by atoms with Gasteiger partial charge in [0.2, 0.25) is 0 Å². The summed E-state index contributed by atoms with van der Waals surface area (Å²) in [5, 5.41) is 30.1. The maximum absolute atomic E-state index is 13.5. The Kier molecular flexibility index (Phi) is 7.26. The third kappa shape index (κ3) is 8.72. The highest BCUT2D eigenvalue weighted by atomic mass is 18.2. The number of alkyl halides is 1. The Morgan fingerprint density at radius 1 is 1.00 bits per heavy atom. The Balaban J connectivity index is 4.68. The molecule has 0 aromatic carbocycles. The van der Waals surface area contributed by atoms with Gasteiger partial charge >= 0.3 is 23.9 Å². The average Bonchev–Trinajstić information content (AvgIpc) is 2.31. The lowest BCUT2D eigenvalue weighted by atomic mass is 10.0. The van der Waals surface area contributed by atoms with Crippen molar-refractivity contribution in [1.29, 1.82) is 0 Å². The van der Waals surface area contributed by atoms with Crippen LogP contribution >= 0.6 is 0 Å². The first-order valence-electron chi connectivity index (χ1n) is 6.35. The summed E-state index contributed by atoms with van der Waals surface area (Å²) in [6.45, 7) is 2.27. The molecule has 0 aliphatic rings. The van der Waals surface area contributed by atoms with Crippen molar-refractivity contribution in [2.75, 3.05) is 0 Å². The molecule has 0 aromatic heterocycles. The Bertz CT molecular complexity index is 447. The van der Waals surface area contributed by atoms with E-state index in [-0.39, 0.29) is 6.42 Å². The number of aliphatic carboxylic acids is 3. The van der Waals surface area contributed by atoms with Gasteiger partial charge in [-0.05, 0) is 20.3 Å². The van der Waals surface area contributed by atoms with Gasteiger partial charge < -0.3 is 26.0 Å². The minimum absolute atomic E-state index is 0.371. The van der Waals surface area contributed by atoms with E-state index in [2.05, 4.69) is 0 Å². The van der Waals surface area contributed by atoms with Gasteiger partial charge in [0.05, 0.1) is 0 Å². The number of carboxylic acids is 3. The largest absolute Gasteiger partial charge is 0.481 e. The van der Waals surface area contributed by atoms with E-state index in [0.717, 1.165) is 13.8 Å². The molecule has 0 radical (unpaired) electrons. The van der Waals surface area contributed by atoms with Gasteiger partial charge in [-0.3, -0.25) is 4.79 Å². The molecule has 0 rings (SSSR count). The van der Waals surface area contributed by atoms with Gasteiger partial charge in [0.1, 0.15) is 17.8 Å². The van der Waals surface area contributed by atoms with E-state index in [4.69, 9.17) is 15.3 Å². The number of carboxylic acid groups (broad SMARTS) is 3. The second kappa shape index (κ2) is 8.15. The summed E-state index contributed by atoms with van der Waals surface area (Å²) in [7, 11) is 0. The molecule has 0 fully saturated rings. The number of nitrogens with one attached hydrogen (secondary N) is 2. The monoisotopic (exact) mass is 321 g/mol. The van der Waals surface area contributed by atoms with Gasteiger partial charge in [0, 0.05) is 12.8 Å². The molecule has 2 amide bonds. The molecule has 0 aromatic rings. The molecule has 0 saturated carbocycles. The van der Waals surface area contributed by atoms with Crippen molar-refractivity contribution in [3.8, 4) is 0 Å². The molecule has 0 aliphatic carbocycles. The normalized spacial score (nSPS) is 13.8. The second-order valence-electron chi connectivity index (χ2n) is 5.25. The molecular weight excluding hydrogens is 302 g/mol. The first-order chi connectivity index (χ1) is 9.92. The summed E-state index contributed by atoms with van der Waals surface area (Å²) in [5.41, 5.74) is -1.86. The molecule has 10 heteroatoms. The zero-order valence-corrected chi connectivity index (χ0v) is 12.1. The molecule has 22 heavy (non-hydrogen) atoms. The van der Waals surface area contributed by atoms with Crippen LogP contribution in [0.5, 0.6) is 0 Å². The standard InChI is InChI=1S/C12H19FN2O7/c1-12(2,13)5-7(10(20)21)15-11(22)14-6(9(18)19)3-4-8(16)17/h6-7H,3-5H2,1-2H3,(H,16,17)(H,18,19)(H,20,21)(H2,14,15,22)/t6-,7-/m0/s1/i13-1. The molecule has 0 saturated heterocycles. The third-order valence-corrected chi connectivity index (χ3v) is 2.54. The summed E-state index contributed by atoms with van der Waals surface area (Å²) in [6, 6.07) is -4.17. The smallest absolute Gasteiger partial charge is 0.326 e. The van der Waals surface area contributed by atoms with E-state index in [9.17, 15) is 23.6 Å². The summed E-state index contributed by atoms with van der Waals surface area (Å²) in [4.78, 5) is 43.8. The van der Waals surface area contributed by atoms with Crippen LogP contribution < -0.4 is 10.6 Å². The van der Waals surface area contributed by atoms with Crippen LogP contribution in [0.3, 0.4) is 0 Å². The van der Waals surface area contributed by atoms with Gasteiger partial charge in [0.15, 0.2) is 0 Å². The lowest BCUT2D eigenvalue weighted by Gasteiger charge is -2.22. The molecule has 0 aliphatic heterocycles. The van der Waals surface area contributed by atoms with Gasteiger partial charge in [-0.2, -0.15) is 0 Å². The Morgan fingerprint density at radius 3 is 1.82 bits per heavy atom. The van der Waals surface area contributed by atoms with Crippen LogP contribution in [0, 0.1) is 0 Å². The summed E-state index contributed by atoms with van der Waals surface area (Å²) in [5.74, 6) is -4.18. The highest BCUT2D eigenvalue weighted by Gasteiger charge is 2.30. The van der Waals surface area contributed by atoms with Gasteiger partial charge in [-0.1, -0.05) is 0 Å². The maximum Gasteiger partial charge on any atom is 0.326 e. The van der Waals surface area contributed by atoms with Gasteiger partial charge in [-0.15, -0.1) is 0 Å². The van der Waals surface area contributed by atoms with Gasteiger partial charge in [0.25, 0.3) is 0 Å². The van der Waals surface area contributed by atoms with Crippen LogP contribution in [0.2, 0.25) is 0 Å². The Labute approximate surface area is 125 Å². The van der Waals surface area contributed by atoms with Crippen LogP contribution in [-0.2, 0) is 14.4 Å². The molecule has 2 atom stereocenters. The molecule has 0 bridgehead atoms. The van der Waals surface area contributed by atoms with Crippen LogP contribution in [0.25, 0.3) is 0 Å². The van der Waals surface area contributed by atoms with E-state index in [0.29, 0.717) is 0 Å². The number of amides is 2. The number of hydrogen-bond acceptors (Lipinski definition) is 4. The topological polar surface area (TPSA) is 153 Å². The quantitative estimate of drug-likeness (QED) is 0.406. The van der Waals surface area contributed by atoms with E-state index < -0.39 is 54.5 Å². The highest BCUT2D eigenvalue weighted by molar-refractivity contribution is 5.86. The fraction of sp³-hybridized carbons (Fsp3) is 0.667. The van der Waals surface area contributed by atoms with E-state index >= 15 is 0 Å². The minimum Gasteiger partial charge on any atom is -0.481 e. The zero-order chi connectivity index (χ0) is 17.5. The minimum atomic E-state index is -1.86. The lowest BCUT2D eigenvalue weighted by molar-refractivity contribution is -0.141. The first kappa shape index (κ1) is 19.6. The van der Waals surface area contributed by atoms with Crippen LogP contribution in [-0.4, -0.2) is 57.0 Å². The van der Waals surface area contributed by atoms with E-state index in [1.165, 1.54) is 0 Å². The molecular formula is C12H19FN2O7. The number of halogens is 1. The van der Waals surface area contributed by atoms with E-state index in [1.807, 2.05) is 10.6 Å². The van der Waals surface area contributed by atoms with Crippen LogP contribution in [0.4, 0.5) is 9.18 Å². The fourth-order valence-electron chi connectivity index (χ4n) is 1.57. The van der Waals surface area contributed by atoms with Gasteiger partial charge in [-0.25, -0.2) is 18.8 Å². The predicted octanol–water partition coefficient (Wildman–Crippen LogP) is 0.195. The Hall–Kier alpha value is -2.39. The van der Waals surface area contributed by atoms with Crippen molar-refractivity contribution >= 4 is 23.9 Å². The van der Waals surface area contributed by atoms with Crippen molar-refractivity contribution in [3.05, 3.63) is 0 Å². The summed E-state index contributed by atoms with van der Waals surface area (Å²) >= 11 is 0. The molecule has 126 valence electrons. The van der Waals surface area contributed by atoms with Crippen molar-refractivity contribution in [3.63, 3.8) is 0 Å².